The van der Waals surface area contributed by atoms with Crippen molar-refractivity contribution >= 4 is 33.5 Å². The molecule has 0 saturated heterocycles. The first-order chi connectivity index (χ1) is 7.80. The second-order valence-corrected chi connectivity index (χ2v) is 6.14. The number of hydrogen-bond acceptors (Lipinski definition) is 2. The fourth-order valence-electron chi connectivity index (χ4n) is 1.88. The summed E-state index contributed by atoms with van der Waals surface area (Å²) in [6.45, 7) is 7.83. The zero-order valence-corrected chi connectivity index (χ0v) is 12.7. The zero-order chi connectivity index (χ0) is 12.8. The van der Waals surface area contributed by atoms with E-state index in [1.807, 2.05) is 22.9 Å². The van der Waals surface area contributed by atoms with Crippen molar-refractivity contribution in [3.63, 3.8) is 0 Å². The first-order valence-electron chi connectivity index (χ1n) is 5.71. The predicted octanol–water partition coefficient (Wildman–Crippen LogP) is 3.45. The molecule has 0 radical (unpaired) electrons. The first kappa shape index (κ1) is 12.8. The molecule has 92 valence electrons. The van der Waals surface area contributed by atoms with Crippen molar-refractivity contribution in [2.45, 2.75) is 39.3 Å². The van der Waals surface area contributed by atoms with E-state index in [2.05, 4.69) is 41.5 Å². The van der Waals surface area contributed by atoms with Crippen LogP contribution in [0.2, 0.25) is 0 Å². The van der Waals surface area contributed by atoms with Gasteiger partial charge in [-0.15, -0.1) is 0 Å². The van der Waals surface area contributed by atoms with Crippen LogP contribution in [0.15, 0.2) is 18.2 Å². The second kappa shape index (κ2) is 4.24. The van der Waals surface area contributed by atoms with Gasteiger partial charge in [-0.05, 0) is 68.0 Å². The van der Waals surface area contributed by atoms with Crippen LogP contribution in [0, 0.1) is 3.70 Å². The van der Waals surface area contributed by atoms with Gasteiger partial charge < -0.3 is 5.11 Å². The summed E-state index contributed by atoms with van der Waals surface area (Å²) >= 11 is 2.24. The quantitative estimate of drug-likeness (QED) is 0.848. The second-order valence-electron chi connectivity index (χ2n) is 5.12. The molecule has 0 amide bonds. The van der Waals surface area contributed by atoms with Gasteiger partial charge >= 0.3 is 0 Å². The summed E-state index contributed by atoms with van der Waals surface area (Å²) in [4.78, 5) is 0. The molecule has 0 saturated carbocycles. The lowest BCUT2D eigenvalue weighted by Crippen LogP contribution is -2.15. The van der Waals surface area contributed by atoms with Crippen molar-refractivity contribution in [1.82, 2.24) is 9.78 Å². The standard InChI is InChI=1S/C13H17IN2O/c1-8(2)16-11-6-5-9(13(3,4)17)7-10(11)12(14)15-16/h5-8,17H,1-4H3. The fourth-order valence-corrected chi connectivity index (χ4v) is 2.54. The van der Waals surface area contributed by atoms with Crippen molar-refractivity contribution in [2.24, 2.45) is 0 Å². The minimum atomic E-state index is -0.808. The van der Waals surface area contributed by atoms with E-state index in [0.717, 1.165) is 20.2 Å². The van der Waals surface area contributed by atoms with E-state index in [-0.39, 0.29) is 0 Å². The number of halogens is 1. The number of aromatic nitrogens is 2. The third-order valence-corrected chi connectivity index (χ3v) is 3.65. The molecule has 1 N–H and O–H groups in total. The minimum absolute atomic E-state index is 0.342. The number of benzene rings is 1. The Balaban J connectivity index is 2.68. The maximum Gasteiger partial charge on any atom is 0.131 e. The number of nitrogens with zero attached hydrogens (tertiary/aromatic N) is 2. The Hall–Kier alpha value is -0.620. The molecule has 1 aromatic carbocycles. The molecule has 0 aliphatic carbocycles. The van der Waals surface area contributed by atoms with Crippen LogP contribution in [0.5, 0.6) is 0 Å². The maximum absolute atomic E-state index is 10.0. The lowest BCUT2D eigenvalue weighted by Gasteiger charge is -2.17. The van der Waals surface area contributed by atoms with E-state index in [4.69, 9.17) is 0 Å². The molecule has 0 fully saturated rings. The van der Waals surface area contributed by atoms with Crippen LogP contribution in [0.4, 0.5) is 0 Å². The molecule has 0 aliphatic heterocycles. The van der Waals surface area contributed by atoms with Crippen molar-refractivity contribution in [3.05, 3.63) is 27.5 Å². The molecule has 1 heterocycles. The smallest absolute Gasteiger partial charge is 0.131 e. The van der Waals surface area contributed by atoms with E-state index in [0.29, 0.717) is 6.04 Å². The van der Waals surface area contributed by atoms with E-state index in [1.165, 1.54) is 0 Å². The fraction of sp³-hybridized carbons (Fsp3) is 0.462. The summed E-state index contributed by atoms with van der Waals surface area (Å²) in [6.07, 6.45) is 0. The van der Waals surface area contributed by atoms with Crippen LogP contribution in [-0.4, -0.2) is 14.9 Å². The molecule has 0 aliphatic rings. The molecular weight excluding hydrogens is 327 g/mol. The highest BCUT2D eigenvalue weighted by Crippen LogP contribution is 2.28. The highest BCUT2D eigenvalue weighted by Gasteiger charge is 2.18. The molecular formula is C13H17IN2O. The van der Waals surface area contributed by atoms with Crippen LogP contribution in [-0.2, 0) is 5.60 Å². The molecule has 0 spiro atoms. The maximum atomic E-state index is 10.0. The molecule has 4 heteroatoms. The normalized spacial score (nSPS) is 12.6. The number of aliphatic hydroxyl groups is 1. The Morgan fingerprint density at radius 2 is 2.00 bits per heavy atom. The average molecular weight is 344 g/mol. The van der Waals surface area contributed by atoms with Gasteiger partial charge in [-0.2, -0.15) is 5.10 Å². The highest BCUT2D eigenvalue weighted by atomic mass is 127. The van der Waals surface area contributed by atoms with Crippen LogP contribution >= 0.6 is 22.6 Å². The number of rotatable bonds is 2. The summed E-state index contributed by atoms with van der Waals surface area (Å²) < 4.78 is 3.00. The van der Waals surface area contributed by atoms with E-state index >= 15 is 0 Å². The third-order valence-electron chi connectivity index (χ3n) is 2.86. The number of hydrogen-bond donors (Lipinski definition) is 1. The molecule has 0 bridgehead atoms. The Bertz CT molecular complexity index is 552. The largest absolute Gasteiger partial charge is 0.386 e. The van der Waals surface area contributed by atoms with Gasteiger partial charge in [0.1, 0.15) is 3.70 Å². The number of fused-ring (bicyclic) bond motifs is 1. The molecule has 17 heavy (non-hydrogen) atoms. The third kappa shape index (κ3) is 2.33. The SMILES string of the molecule is CC(C)n1nc(I)c2cc(C(C)(C)O)ccc21. The summed E-state index contributed by atoms with van der Waals surface area (Å²) in [5, 5.41) is 15.7. The summed E-state index contributed by atoms with van der Waals surface area (Å²) in [6, 6.07) is 6.38. The van der Waals surface area contributed by atoms with Crippen LogP contribution in [0.1, 0.15) is 39.3 Å². The van der Waals surface area contributed by atoms with Gasteiger partial charge in [0.25, 0.3) is 0 Å². The molecule has 0 unspecified atom stereocenters. The summed E-state index contributed by atoms with van der Waals surface area (Å²) in [7, 11) is 0. The Labute approximate surface area is 115 Å². The van der Waals surface area contributed by atoms with Crippen molar-refractivity contribution in [3.8, 4) is 0 Å². The van der Waals surface area contributed by atoms with Crippen molar-refractivity contribution in [1.29, 1.82) is 0 Å². The summed E-state index contributed by atoms with van der Waals surface area (Å²) in [5.74, 6) is 0. The topological polar surface area (TPSA) is 38.0 Å². The van der Waals surface area contributed by atoms with E-state index < -0.39 is 5.60 Å². The van der Waals surface area contributed by atoms with E-state index in [9.17, 15) is 5.11 Å². The van der Waals surface area contributed by atoms with Crippen LogP contribution in [0.3, 0.4) is 0 Å². The lowest BCUT2D eigenvalue weighted by molar-refractivity contribution is 0.0787. The van der Waals surface area contributed by atoms with Crippen molar-refractivity contribution in [2.75, 3.05) is 0 Å². The van der Waals surface area contributed by atoms with Gasteiger partial charge in [0, 0.05) is 11.4 Å². The van der Waals surface area contributed by atoms with Gasteiger partial charge in [0.15, 0.2) is 0 Å². The Morgan fingerprint density at radius 3 is 2.53 bits per heavy atom. The Kier molecular flexibility index (Phi) is 3.20. The molecule has 1 aromatic heterocycles. The van der Waals surface area contributed by atoms with Gasteiger partial charge in [-0.25, -0.2) is 0 Å². The molecule has 2 rings (SSSR count). The van der Waals surface area contributed by atoms with Gasteiger partial charge in [0.2, 0.25) is 0 Å². The Morgan fingerprint density at radius 1 is 1.35 bits per heavy atom. The lowest BCUT2D eigenvalue weighted by atomic mass is 9.97. The summed E-state index contributed by atoms with van der Waals surface area (Å²) in [5.41, 5.74) is 1.24. The first-order valence-corrected chi connectivity index (χ1v) is 6.79. The average Bonchev–Trinajstić information content (AvgIpc) is 2.55. The van der Waals surface area contributed by atoms with Crippen LogP contribution in [0.25, 0.3) is 10.9 Å². The zero-order valence-electron chi connectivity index (χ0n) is 10.5. The molecule has 0 atom stereocenters. The molecule has 3 nitrogen and oxygen atoms in total. The monoisotopic (exact) mass is 344 g/mol. The molecule has 2 aromatic rings. The van der Waals surface area contributed by atoms with Gasteiger partial charge in [0.05, 0.1) is 11.1 Å². The highest BCUT2D eigenvalue weighted by molar-refractivity contribution is 14.1. The van der Waals surface area contributed by atoms with Gasteiger partial charge in [-0.1, -0.05) is 6.07 Å². The van der Waals surface area contributed by atoms with E-state index in [1.54, 1.807) is 13.8 Å². The van der Waals surface area contributed by atoms with Crippen LogP contribution < -0.4 is 0 Å². The predicted molar refractivity (Wildman–Crippen MR) is 78.1 cm³/mol. The minimum Gasteiger partial charge on any atom is -0.386 e. The van der Waals surface area contributed by atoms with Crippen molar-refractivity contribution < 1.29 is 5.11 Å². The van der Waals surface area contributed by atoms with Gasteiger partial charge in [-0.3, -0.25) is 4.68 Å².